The molecule has 1 N–H and O–H groups in total. The monoisotopic (exact) mass is 248 g/mol. The van der Waals surface area contributed by atoms with Crippen molar-refractivity contribution in [1.82, 2.24) is 20.2 Å². The minimum absolute atomic E-state index is 0.276. The Morgan fingerprint density at radius 1 is 1.33 bits per heavy atom. The maximum atomic E-state index is 9.66. The third-order valence-corrected chi connectivity index (χ3v) is 2.37. The Labute approximate surface area is 105 Å². The van der Waals surface area contributed by atoms with Gasteiger partial charge in [-0.05, 0) is 12.1 Å². The third-order valence-electron chi connectivity index (χ3n) is 2.37. The highest BCUT2D eigenvalue weighted by Crippen LogP contribution is 2.11. The van der Waals surface area contributed by atoms with Crippen LogP contribution in [0.4, 0.5) is 0 Å². The molecule has 6 heteroatoms. The van der Waals surface area contributed by atoms with Crippen molar-refractivity contribution in [3.8, 4) is 11.4 Å². The Bertz CT molecular complexity index is 472. The van der Waals surface area contributed by atoms with Crippen LogP contribution in [0.2, 0.25) is 0 Å². The summed E-state index contributed by atoms with van der Waals surface area (Å²) in [5.74, 6) is 0.555. The van der Waals surface area contributed by atoms with E-state index >= 15 is 0 Å². The van der Waals surface area contributed by atoms with Gasteiger partial charge in [-0.3, -0.25) is 0 Å². The third kappa shape index (κ3) is 3.35. The van der Waals surface area contributed by atoms with Gasteiger partial charge in [0.25, 0.3) is 0 Å². The highest BCUT2D eigenvalue weighted by Gasteiger charge is 2.09. The predicted octanol–water partition coefficient (Wildman–Crippen LogP) is 0.737. The highest BCUT2D eigenvalue weighted by molar-refractivity contribution is 5.52. The summed E-state index contributed by atoms with van der Waals surface area (Å²) < 4.78 is 5.12. The number of hydrogen-bond donors (Lipinski definition) is 1. The van der Waals surface area contributed by atoms with Crippen molar-refractivity contribution >= 4 is 0 Å². The lowest BCUT2D eigenvalue weighted by atomic mass is 10.2. The molecule has 1 heterocycles. The molecule has 0 saturated carbocycles. The molecule has 2 rings (SSSR count). The molecule has 1 aromatic carbocycles. The number of tetrazole rings is 1. The fraction of sp³-hybridized carbons (Fsp3) is 0.417. The van der Waals surface area contributed by atoms with Crippen molar-refractivity contribution in [2.45, 2.75) is 19.6 Å². The summed E-state index contributed by atoms with van der Waals surface area (Å²) in [6.07, 6.45) is -0.622. The largest absolute Gasteiger partial charge is 0.389 e. The molecule has 0 bridgehead atoms. The summed E-state index contributed by atoms with van der Waals surface area (Å²) >= 11 is 0. The van der Waals surface area contributed by atoms with E-state index in [2.05, 4.69) is 15.4 Å². The second kappa shape index (κ2) is 6.23. The topological polar surface area (TPSA) is 73.1 Å². The number of aliphatic hydroxyl groups excluding tert-OH is 1. The van der Waals surface area contributed by atoms with E-state index in [4.69, 9.17) is 4.74 Å². The molecule has 2 aromatic rings. The van der Waals surface area contributed by atoms with E-state index in [1.54, 1.807) is 0 Å². The normalized spacial score (nSPS) is 12.6. The van der Waals surface area contributed by atoms with Crippen LogP contribution < -0.4 is 0 Å². The average molecular weight is 248 g/mol. The van der Waals surface area contributed by atoms with E-state index in [0.29, 0.717) is 12.4 Å². The van der Waals surface area contributed by atoms with Gasteiger partial charge in [0.15, 0.2) is 0 Å². The molecule has 6 nitrogen and oxygen atoms in total. The lowest BCUT2D eigenvalue weighted by molar-refractivity contribution is 0.0291. The van der Waals surface area contributed by atoms with E-state index in [1.165, 1.54) is 4.80 Å². The fourth-order valence-corrected chi connectivity index (χ4v) is 1.52. The summed E-state index contributed by atoms with van der Waals surface area (Å²) in [6.45, 7) is 3.02. The van der Waals surface area contributed by atoms with Crippen LogP contribution in [-0.2, 0) is 11.3 Å². The summed E-state index contributed by atoms with van der Waals surface area (Å²) in [5.41, 5.74) is 0.906. The molecule has 18 heavy (non-hydrogen) atoms. The second-order valence-corrected chi connectivity index (χ2v) is 3.85. The lowest BCUT2D eigenvalue weighted by Crippen LogP contribution is -2.23. The van der Waals surface area contributed by atoms with Crippen LogP contribution in [0.1, 0.15) is 6.92 Å². The molecule has 0 spiro atoms. The Balaban J connectivity index is 1.98. The van der Waals surface area contributed by atoms with Gasteiger partial charge in [0.2, 0.25) is 5.82 Å². The van der Waals surface area contributed by atoms with Crippen LogP contribution in [0.5, 0.6) is 0 Å². The van der Waals surface area contributed by atoms with Crippen molar-refractivity contribution in [3.05, 3.63) is 30.3 Å². The zero-order valence-corrected chi connectivity index (χ0v) is 10.2. The maximum absolute atomic E-state index is 9.66. The Hall–Kier alpha value is -1.79. The standard InChI is InChI=1S/C12H16N4O2/c1-2-18-9-11(17)8-16-14-12(13-15-16)10-6-4-3-5-7-10/h3-7,11,17H,2,8-9H2,1H3. The molecule has 0 saturated heterocycles. The van der Waals surface area contributed by atoms with Crippen LogP contribution >= 0.6 is 0 Å². The maximum Gasteiger partial charge on any atom is 0.204 e. The minimum Gasteiger partial charge on any atom is -0.389 e. The average Bonchev–Trinajstić information content (AvgIpc) is 2.86. The Morgan fingerprint density at radius 2 is 2.11 bits per heavy atom. The first-order valence-corrected chi connectivity index (χ1v) is 5.88. The first-order chi connectivity index (χ1) is 8.79. The Morgan fingerprint density at radius 3 is 2.83 bits per heavy atom. The van der Waals surface area contributed by atoms with Gasteiger partial charge in [-0.1, -0.05) is 30.3 Å². The molecule has 1 atom stereocenters. The number of nitrogens with zero attached hydrogens (tertiary/aromatic N) is 4. The van der Waals surface area contributed by atoms with Crippen LogP contribution in [0.3, 0.4) is 0 Å². The molecule has 0 aliphatic rings. The van der Waals surface area contributed by atoms with Gasteiger partial charge in [0.1, 0.15) is 0 Å². The predicted molar refractivity (Wildman–Crippen MR) is 65.8 cm³/mol. The van der Waals surface area contributed by atoms with Gasteiger partial charge >= 0.3 is 0 Å². The molecule has 1 unspecified atom stereocenters. The van der Waals surface area contributed by atoms with Crippen LogP contribution in [0.25, 0.3) is 11.4 Å². The molecule has 0 aliphatic heterocycles. The van der Waals surface area contributed by atoms with Gasteiger partial charge in [0.05, 0.1) is 19.3 Å². The van der Waals surface area contributed by atoms with Gasteiger partial charge < -0.3 is 9.84 Å². The number of ether oxygens (including phenoxy) is 1. The van der Waals surface area contributed by atoms with E-state index < -0.39 is 6.10 Å². The second-order valence-electron chi connectivity index (χ2n) is 3.85. The summed E-state index contributed by atoms with van der Waals surface area (Å²) in [6, 6.07) is 9.59. The first-order valence-electron chi connectivity index (χ1n) is 5.88. The summed E-state index contributed by atoms with van der Waals surface area (Å²) in [4.78, 5) is 1.38. The fourth-order valence-electron chi connectivity index (χ4n) is 1.52. The number of aromatic nitrogens is 4. The quantitative estimate of drug-likeness (QED) is 0.816. The van der Waals surface area contributed by atoms with Crippen molar-refractivity contribution in [3.63, 3.8) is 0 Å². The van der Waals surface area contributed by atoms with Gasteiger partial charge in [-0.2, -0.15) is 4.80 Å². The smallest absolute Gasteiger partial charge is 0.204 e. The van der Waals surface area contributed by atoms with Crippen molar-refractivity contribution in [2.75, 3.05) is 13.2 Å². The molecular weight excluding hydrogens is 232 g/mol. The molecule has 0 amide bonds. The van der Waals surface area contributed by atoms with Gasteiger partial charge in [-0.25, -0.2) is 0 Å². The van der Waals surface area contributed by atoms with Crippen molar-refractivity contribution < 1.29 is 9.84 Å². The minimum atomic E-state index is -0.622. The molecule has 0 aliphatic carbocycles. The van der Waals surface area contributed by atoms with Crippen LogP contribution in [-0.4, -0.2) is 44.6 Å². The Kier molecular flexibility index (Phi) is 4.38. The number of hydrogen-bond acceptors (Lipinski definition) is 5. The molecule has 0 radical (unpaired) electrons. The van der Waals surface area contributed by atoms with E-state index in [0.717, 1.165) is 5.56 Å². The number of rotatable bonds is 6. The van der Waals surface area contributed by atoms with E-state index in [1.807, 2.05) is 37.3 Å². The zero-order valence-electron chi connectivity index (χ0n) is 10.2. The van der Waals surface area contributed by atoms with Crippen molar-refractivity contribution in [2.24, 2.45) is 0 Å². The summed E-state index contributed by atoms with van der Waals surface area (Å²) in [7, 11) is 0. The highest BCUT2D eigenvalue weighted by atomic mass is 16.5. The zero-order chi connectivity index (χ0) is 12.8. The van der Waals surface area contributed by atoms with E-state index in [9.17, 15) is 5.11 Å². The van der Waals surface area contributed by atoms with E-state index in [-0.39, 0.29) is 13.2 Å². The van der Waals surface area contributed by atoms with Gasteiger partial charge in [0, 0.05) is 12.2 Å². The van der Waals surface area contributed by atoms with Crippen LogP contribution in [0.15, 0.2) is 30.3 Å². The number of aliphatic hydroxyl groups is 1. The molecule has 0 fully saturated rings. The lowest BCUT2D eigenvalue weighted by Gasteiger charge is -2.08. The molecule has 1 aromatic heterocycles. The first kappa shape index (κ1) is 12.7. The van der Waals surface area contributed by atoms with Crippen LogP contribution in [0, 0.1) is 0 Å². The number of benzene rings is 1. The van der Waals surface area contributed by atoms with Crippen molar-refractivity contribution in [1.29, 1.82) is 0 Å². The molecular formula is C12H16N4O2. The SMILES string of the molecule is CCOCC(O)Cn1nnc(-c2ccccc2)n1. The summed E-state index contributed by atoms with van der Waals surface area (Å²) in [5, 5.41) is 21.7. The molecule has 96 valence electrons. The van der Waals surface area contributed by atoms with Gasteiger partial charge in [-0.15, -0.1) is 10.2 Å².